The molecule has 0 unspecified atom stereocenters. The molecule has 0 radical (unpaired) electrons. The SMILES string of the molecule is CC(C)c1nc(CSc2nnc(-c3ccccc3Cl)n2C)cs1. The summed E-state index contributed by atoms with van der Waals surface area (Å²) in [6.07, 6.45) is 0. The third-order valence-electron chi connectivity index (χ3n) is 3.36. The lowest BCUT2D eigenvalue weighted by atomic mass is 10.2. The second-order valence-corrected chi connectivity index (χ2v) is 7.70. The smallest absolute Gasteiger partial charge is 0.191 e. The zero-order valence-corrected chi connectivity index (χ0v) is 15.5. The first-order valence-electron chi connectivity index (χ1n) is 7.27. The maximum Gasteiger partial charge on any atom is 0.191 e. The number of halogens is 1. The first-order chi connectivity index (χ1) is 11.1. The zero-order chi connectivity index (χ0) is 16.4. The van der Waals surface area contributed by atoms with Crippen molar-refractivity contribution in [1.82, 2.24) is 19.7 Å². The molecule has 23 heavy (non-hydrogen) atoms. The van der Waals surface area contributed by atoms with Crippen molar-refractivity contribution in [1.29, 1.82) is 0 Å². The quantitative estimate of drug-likeness (QED) is 0.597. The summed E-state index contributed by atoms with van der Waals surface area (Å²) >= 11 is 9.60. The van der Waals surface area contributed by atoms with Gasteiger partial charge in [-0.3, -0.25) is 0 Å². The molecule has 2 heterocycles. The van der Waals surface area contributed by atoms with Gasteiger partial charge in [0.2, 0.25) is 0 Å². The van der Waals surface area contributed by atoms with Crippen LogP contribution in [0.2, 0.25) is 5.02 Å². The maximum absolute atomic E-state index is 6.25. The highest BCUT2D eigenvalue weighted by molar-refractivity contribution is 7.98. The minimum Gasteiger partial charge on any atom is -0.305 e. The maximum atomic E-state index is 6.25. The first-order valence-corrected chi connectivity index (χ1v) is 9.52. The third kappa shape index (κ3) is 3.59. The average Bonchev–Trinajstić information content (AvgIpc) is 3.13. The molecule has 0 N–H and O–H groups in total. The van der Waals surface area contributed by atoms with Gasteiger partial charge in [-0.05, 0) is 12.1 Å². The van der Waals surface area contributed by atoms with Gasteiger partial charge in [0.25, 0.3) is 0 Å². The predicted molar refractivity (Wildman–Crippen MR) is 97.2 cm³/mol. The van der Waals surface area contributed by atoms with Crippen LogP contribution in [0.25, 0.3) is 11.4 Å². The first kappa shape index (κ1) is 16.5. The van der Waals surface area contributed by atoms with Gasteiger partial charge >= 0.3 is 0 Å². The Hall–Kier alpha value is -1.37. The van der Waals surface area contributed by atoms with Gasteiger partial charge in [0.15, 0.2) is 11.0 Å². The summed E-state index contributed by atoms with van der Waals surface area (Å²) in [6.45, 7) is 4.32. The van der Waals surface area contributed by atoms with Gasteiger partial charge in [0.1, 0.15) is 0 Å². The van der Waals surface area contributed by atoms with Crippen molar-refractivity contribution in [2.24, 2.45) is 7.05 Å². The molecule has 7 heteroatoms. The van der Waals surface area contributed by atoms with E-state index < -0.39 is 0 Å². The van der Waals surface area contributed by atoms with Gasteiger partial charge in [0.05, 0.1) is 15.7 Å². The fraction of sp³-hybridized carbons (Fsp3) is 0.312. The summed E-state index contributed by atoms with van der Waals surface area (Å²) in [5.74, 6) is 2.04. The van der Waals surface area contributed by atoms with Crippen LogP contribution in [-0.4, -0.2) is 19.7 Å². The van der Waals surface area contributed by atoms with E-state index >= 15 is 0 Å². The van der Waals surface area contributed by atoms with Crippen LogP contribution in [0, 0.1) is 0 Å². The molecule has 3 rings (SSSR count). The normalized spacial score (nSPS) is 11.3. The van der Waals surface area contributed by atoms with Crippen LogP contribution in [0.4, 0.5) is 0 Å². The number of rotatable bonds is 5. The molecule has 0 aliphatic heterocycles. The number of benzene rings is 1. The minimum absolute atomic E-state index is 0.473. The van der Waals surface area contributed by atoms with E-state index in [1.54, 1.807) is 23.1 Å². The van der Waals surface area contributed by atoms with Gasteiger partial charge in [-0.25, -0.2) is 4.98 Å². The molecule has 0 saturated carbocycles. The van der Waals surface area contributed by atoms with Crippen molar-refractivity contribution >= 4 is 34.7 Å². The van der Waals surface area contributed by atoms with Gasteiger partial charge in [-0.1, -0.05) is 49.3 Å². The standard InChI is InChI=1S/C16H17ClN4S2/c1-10(2)15-18-11(8-22-15)9-23-16-20-19-14(21(16)3)12-6-4-5-7-13(12)17/h4-8,10H,9H2,1-3H3. The second-order valence-electron chi connectivity index (χ2n) is 5.47. The molecule has 0 fully saturated rings. The molecular formula is C16H17ClN4S2. The molecule has 1 aromatic carbocycles. The summed E-state index contributed by atoms with van der Waals surface area (Å²) < 4.78 is 1.97. The van der Waals surface area contributed by atoms with E-state index in [1.165, 1.54) is 5.01 Å². The van der Waals surface area contributed by atoms with Crippen LogP contribution in [0.5, 0.6) is 0 Å². The third-order valence-corrected chi connectivity index (χ3v) is 5.94. The van der Waals surface area contributed by atoms with E-state index in [4.69, 9.17) is 11.6 Å². The van der Waals surface area contributed by atoms with Crippen LogP contribution in [0.3, 0.4) is 0 Å². The molecule has 120 valence electrons. The molecule has 0 saturated heterocycles. The Morgan fingerprint density at radius 3 is 2.74 bits per heavy atom. The fourth-order valence-electron chi connectivity index (χ4n) is 2.11. The molecule has 0 bridgehead atoms. The monoisotopic (exact) mass is 364 g/mol. The fourth-order valence-corrected chi connectivity index (χ4v) is 4.07. The summed E-state index contributed by atoms with van der Waals surface area (Å²) in [4.78, 5) is 4.65. The Labute approximate surface area is 148 Å². The number of thioether (sulfide) groups is 1. The Balaban J connectivity index is 1.76. The van der Waals surface area contributed by atoms with Crippen LogP contribution in [0.1, 0.15) is 30.5 Å². The van der Waals surface area contributed by atoms with Crippen molar-refractivity contribution in [2.75, 3.05) is 0 Å². The minimum atomic E-state index is 0.473. The number of hydrogen-bond donors (Lipinski definition) is 0. The molecule has 0 amide bonds. The van der Waals surface area contributed by atoms with E-state index in [2.05, 4.69) is 34.4 Å². The molecule has 0 atom stereocenters. The van der Waals surface area contributed by atoms with Crippen molar-refractivity contribution in [3.63, 3.8) is 0 Å². The van der Waals surface area contributed by atoms with Gasteiger partial charge in [-0.15, -0.1) is 21.5 Å². The Kier molecular flexibility index (Phi) is 5.04. The highest BCUT2D eigenvalue weighted by Crippen LogP contribution is 2.30. The Morgan fingerprint density at radius 1 is 1.26 bits per heavy atom. The molecule has 0 aliphatic carbocycles. The summed E-state index contributed by atoms with van der Waals surface area (Å²) in [7, 11) is 1.96. The molecular weight excluding hydrogens is 348 g/mol. The van der Waals surface area contributed by atoms with Crippen molar-refractivity contribution in [3.8, 4) is 11.4 Å². The molecule has 3 aromatic rings. The lowest BCUT2D eigenvalue weighted by Crippen LogP contribution is -1.95. The summed E-state index contributed by atoms with van der Waals surface area (Å²) in [6, 6.07) is 7.68. The Bertz CT molecular complexity index is 810. The van der Waals surface area contributed by atoms with E-state index in [-0.39, 0.29) is 0 Å². The second kappa shape index (κ2) is 7.03. The number of nitrogens with zero attached hydrogens (tertiary/aromatic N) is 4. The van der Waals surface area contributed by atoms with Crippen LogP contribution in [-0.2, 0) is 12.8 Å². The topological polar surface area (TPSA) is 43.6 Å². The predicted octanol–water partition coefficient (Wildman–Crippen LogP) is 5.01. The van der Waals surface area contributed by atoms with E-state index in [0.717, 1.165) is 28.0 Å². The van der Waals surface area contributed by atoms with Crippen molar-refractivity contribution in [2.45, 2.75) is 30.7 Å². The summed E-state index contributed by atoms with van der Waals surface area (Å²) in [5.41, 5.74) is 1.98. The number of aromatic nitrogens is 4. The van der Waals surface area contributed by atoms with Crippen LogP contribution >= 0.6 is 34.7 Å². The molecule has 4 nitrogen and oxygen atoms in total. The lowest BCUT2D eigenvalue weighted by molar-refractivity contribution is 0.793. The van der Waals surface area contributed by atoms with Crippen molar-refractivity contribution in [3.05, 3.63) is 45.4 Å². The van der Waals surface area contributed by atoms with E-state index in [0.29, 0.717) is 10.9 Å². The van der Waals surface area contributed by atoms with Crippen LogP contribution < -0.4 is 0 Å². The Morgan fingerprint density at radius 2 is 2.04 bits per heavy atom. The lowest BCUT2D eigenvalue weighted by Gasteiger charge is -2.04. The molecule has 0 spiro atoms. The highest BCUT2D eigenvalue weighted by atomic mass is 35.5. The van der Waals surface area contributed by atoms with Gasteiger partial charge in [-0.2, -0.15) is 0 Å². The van der Waals surface area contributed by atoms with Gasteiger partial charge in [0, 0.05) is 29.7 Å². The van der Waals surface area contributed by atoms with E-state index in [9.17, 15) is 0 Å². The summed E-state index contributed by atoms with van der Waals surface area (Å²) in [5, 5.41) is 13.4. The molecule has 2 aromatic heterocycles. The van der Waals surface area contributed by atoms with Crippen LogP contribution in [0.15, 0.2) is 34.8 Å². The highest BCUT2D eigenvalue weighted by Gasteiger charge is 2.14. The number of hydrogen-bond acceptors (Lipinski definition) is 5. The van der Waals surface area contributed by atoms with Crippen molar-refractivity contribution < 1.29 is 0 Å². The number of thiazole rings is 1. The van der Waals surface area contributed by atoms with E-state index in [1.807, 2.05) is 35.9 Å². The zero-order valence-electron chi connectivity index (χ0n) is 13.2. The largest absolute Gasteiger partial charge is 0.305 e. The van der Waals surface area contributed by atoms with Gasteiger partial charge < -0.3 is 4.57 Å². The molecule has 0 aliphatic rings. The average molecular weight is 365 g/mol.